The van der Waals surface area contributed by atoms with E-state index in [0.29, 0.717) is 11.1 Å². The van der Waals surface area contributed by atoms with Crippen molar-refractivity contribution in [3.8, 4) is 0 Å². The molecule has 1 heterocycles. The first-order valence-electron chi connectivity index (χ1n) is 7.47. The fraction of sp³-hybridized carbons (Fsp3) is 0.312. The normalized spacial score (nSPS) is 10.5. The molecule has 2 amide bonds. The fourth-order valence-corrected chi connectivity index (χ4v) is 2.76. The van der Waals surface area contributed by atoms with Crippen LogP contribution in [-0.4, -0.2) is 49.3 Å². The zero-order valence-electron chi connectivity index (χ0n) is 14.1. The van der Waals surface area contributed by atoms with Gasteiger partial charge in [-0.15, -0.1) is 11.3 Å². The van der Waals surface area contributed by atoms with E-state index >= 15 is 0 Å². The molecule has 10 heteroatoms. The van der Waals surface area contributed by atoms with Crippen molar-refractivity contribution in [1.82, 2.24) is 9.88 Å². The van der Waals surface area contributed by atoms with Crippen LogP contribution in [-0.2, 0) is 16.0 Å². The van der Waals surface area contributed by atoms with Crippen LogP contribution >= 0.6 is 11.3 Å². The second-order valence-corrected chi connectivity index (χ2v) is 6.03. The summed E-state index contributed by atoms with van der Waals surface area (Å²) in [7, 11) is 2.73. The molecule has 0 aliphatic heterocycles. The number of benzene rings is 1. The second kappa shape index (κ2) is 9.20. The van der Waals surface area contributed by atoms with Crippen LogP contribution in [0.5, 0.6) is 0 Å². The van der Waals surface area contributed by atoms with E-state index in [9.17, 15) is 18.4 Å². The van der Waals surface area contributed by atoms with Crippen molar-refractivity contribution in [3.05, 3.63) is 45.9 Å². The van der Waals surface area contributed by atoms with Crippen molar-refractivity contribution < 1.29 is 27.8 Å². The summed E-state index contributed by atoms with van der Waals surface area (Å²) in [4.78, 5) is 29.3. The van der Waals surface area contributed by atoms with Gasteiger partial charge in [-0.05, 0) is 12.1 Å². The van der Waals surface area contributed by atoms with Gasteiger partial charge in [0, 0.05) is 25.1 Å². The number of hydrogen-bond donors (Lipinski definition) is 1. The maximum Gasteiger partial charge on any atom is 0.357 e. The highest BCUT2D eigenvalue weighted by Crippen LogP contribution is 2.17. The molecule has 2 aromatic rings. The summed E-state index contributed by atoms with van der Waals surface area (Å²) in [5, 5.41) is 4.40. The van der Waals surface area contributed by atoms with Crippen LogP contribution in [0.25, 0.3) is 0 Å². The first-order valence-corrected chi connectivity index (χ1v) is 8.35. The van der Waals surface area contributed by atoms with E-state index in [-0.39, 0.29) is 31.1 Å². The van der Waals surface area contributed by atoms with Gasteiger partial charge in [0.05, 0.1) is 25.9 Å². The van der Waals surface area contributed by atoms with E-state index in [1.165, 1.54) is 35.8 Å². The van der Waals surface area contributed by atoms with E-state index in [2.05, 4.69) is 15.0 Å². The Morgan fingerprint density at radius 1 is 1.31 bits per heavy atom. The number of thiazole rings is 1. The van der Waals surface area contributed by atoms with Gasteiger partial charge < -0.3 is 19.7 Å². The highest BCUT2D eigenvalue weighted by atomic mass is 32.1. The van der Waals surface area contributed by atoms with Gasteiger partial charge in [-0.2, -0.15) is 0 Å². The molecule has 2 rings (SSSR count). The van der Waals surface area contributed by atoms with Crippen LogP contribution in [0.4, 0.5) is 19.3 Å². The van der Waals surface area contributed by atoms with Crippen molar-refractivity contribution >= 4 is 29.0 Å². The molecule has 0 unspecified atom stereocenters. The number of amides is 2. The maximum atomic E-state index is 13.7. The average molecular weight is 385 g/mol. The minimum atomic E-state index is -0.882. The summed E-state index contributed by atoms with van der Waals surface area (Å²) in [5.74, 6) is -2.20. The van der Waals surface area contributed by atoms with E-state index in [1.807, 2.05) is 0 Å². The Morgan fingerprint density at radius 2 is 2.08 bits per heavy atom. The third-order valence-electron chi connectivity index (χ3n) is 3.30. The van der Waals surface area contributed by atoms with Gasteiger partial charge in [0.15, 0.2) is 5.69 Å². The van der Waals surface area contributed by atoms with E-state index in [4.69, 9.17) is 4.74 Å². The molecular weight excluding hydrogens is 368 g/mol. The zero-order valence-corrected chi connectivity index (χ0v) is 14.9. The molecule has 0 aliphatic rings. The predicted octanol–water partition coefficient (Wildman–Crippen LogP) is 2.89. The third kappa shape index (κ3) is 5.20. The van der Waals surface area contributed by atoms with Crippen LogP contribution in [0.3, 0.4) is 0 Å². The molecule has 0 atom stereocenters. The van der Waals surface area contributed by atoms with E-state index in [0.717, 1.165) is 12.1 Å². The van der Waals surface area contributed by atoms with Gasteiger partial charge >= 0.3 is 12.0 Å². The molecule has 1 N–H and O–H groups in total. The predicted molar refractivity (Wildman–Crippen MR) is 91.1 cm³/mol. The Morgan fingerprint density at radius 3 is 2.73 bits per heavy atom. The molecular formula is C16H17F2N3O4S. The van der Waals surface area contributed by atoms with Gasteiger partial charge in [-0.3, -0.25) is 0 Å². The minimum Gasteiger partial charge on any atom is -0.464 e. The monoisotopic (exact) mass is 385 g/mol. The zero-order chi connectivity index (χ0) is 19.1. The topological polar surface area (TPSA) is 80.8 Å². The second-order valence-electron chi connectivity index (χ2n) is 5.09. The molecule has 26 heavy (non-hydrogen) atoms. The summed E-state index contributed by atoms with van der Waals surface area (Å²) in [6.07, 6.45) is 0. The number of carbonyl (C=O) groups is 2. The highest BCUT2D eigenvalue weighted by molar-refractivity contribution is 7.09. The van der Waals surface area contributed by atoms with Gasteiger partial charge in [0.2, 0.25) is 0 Å². The molecule has 0 saturated heterocycles. The number of urea groups is 1. The fourth-order valence-electron chi connectivity index (χ4n) is 1.98. The van der Waals surface area contributed by atoms with Crippen molar-refractivity contribution in [3.63, 3.8) is 0 Å². The number of anilines is 1. The molecule has 1 aromatic carbocycles. The Balaban J connectivity index is 2.11. The Labute approximate surface area is 152 Å². The van der Waals surface area contributed by atoms with Crippen LogP contribution in [0.2, 0.25) is 0 Å². The lowest BCUT2D eigenvalue weighted by Gasteiger charge is -2.22. The quantitative estimate of drug-likeness (QED) is 0.742. The molecule has 1 aromatic heterocycles. The summed E-state index contributed by atoms with van der Waals surface area (Å²) in [5.41, 5.74) is -0.00242. The van der Waals surface area contributed by atoms with Gasteiger partial charge in [-0.25, -0.2) is 23.4 Å². The number of nitrogens with one attached hydrogen (secondary N) is 1. The lowest BCUT2D eigenvalue weighted by atomic mass is 10.3. The van der Waals surface area contributed by atoms with Crippen molar-refractivity contribution in [2.75, 3.05) is 32.7 Å². The van der Waals surface area contributed by atoms with Crippen molar-refractivity contribution in [2.45, 2.75) is 6.54 Å². The van der Waals surface area contributed by atoms with Crippen LogP contribution in [0.15, 0.2) is 23.6 Å². The summed E-state index contributed by atoms with van der Waals surface area (Å²) in [6.45, 7) is 0.534. The minimum absolute atomic E-state index is 0.0830. The molecule has 0 saturated carbocycles. The first kappa shape index (κ1) is 19.7. The van der Waals surface area contributed by atoms with Crippen LogP contribution < -0.4 is 5.32 Å². The summed E-state index contributed by atoms with van der Waals surface area (Å²) >= 11 is 1.19. The number of esters is 1. The number of hydrogen-bond acceptors (Lipinski definition) is 6. The number of nitrogens with zero attached hydrogens (tertiary/aromatic N) is 2. The van der Waals surface area contributed by atoms with Gasteiger partial charge in [0.25, 0.3) is 0 Å². The van der Waals surface area contributed by atoms with Crippen molar-refractivity contribution in [2.24, 2.45) is 0 Å². The molecule has 7 nitrogen and oxygen atoms in total. The Bertz CT molecular complexity index is 785. The smallest absolute Gasteiger partial charge is 0.357 e. The number of ether oxygens (including phenoxy) is 2. The van der Waals surface area contributed by atoms with Gasteiger partial charge in [-0.1, -0.05) is 0 Å². The van der Waals surface area contributed by atoms with Crippen LogP contribution in [0, 0.1) is 11.6 Å². The summed E-state index contributed by atoms with van der Waals surface area (Å²) < 4.78 is 36.3. The molecule has 0 bridgehead atoms. The summed E-state index contributed by atoms with van der Waals surface area (Å²) in [6, 6.07) is 2.25. The van der Waals surface area contributed by atoms with E-state index < -0.39 is 23.6 Å². The number of carbonyl (C=O) groups excluding carboxylic acids is 2. The molecule has 0 radical (unpaired) electrons. The van der Waals surface area contributed by atoms with Crippen LogP contribution in [0.1, 0.15) is 15.5 Å². The molecule has 0 fully saturated rings. The first-order chi connectivity index (χ1) is 12.4. The number of aromatic nitrogens is 1. The lowest BCUT2D eigenvalue weighted by molar-refractivity contribution is 0.0594. The maximum absolute atomic E-state index is 13.7. The van der Waals surface area contributed by atoms with E-state index in [1.54, 1.807) is 0 Å². The Kier molecular flexibility index (Phi) is 6.98. The average Bonchev–Trinajstić information content (AvgIpc) is 3.08. The molecule has 140 valence electrons. The number of rotatable bonds is 7. The molecule has 0 spiro atoms. The Hall–Kier alpha value is -2.59. The standard InChI is InChI=1S/C16H17F2N3O4S/c1-24-6-5-21(8-14-19-13(9-26-14)15(22)25-2)16(23)20-12-4-3-10(17)7-11(12)18/h3-4,7,9H,5-6,8H2,1-2H3,(H,20,23). The SMILES string of the molecule is COCCN(Cc1nc(C(=O)OC)cs1)C(=O)Nc1ccc(F)cc1F. The molecule has 0 aliphatic carbocycles. The largest absolute Gasteiger partial charge is 0.464 e. The van der Waals surface area contributed by atoms with Crippen molar-refractivity contribution in [1.29, 1.82) is 0 Å². The third-order valence-corrected chi connectivity index (χ3v) is 4.13. The highest BCUT2D eigenvalue weighted by Gasteiger charge is 2.19. The number of methoxy groups -OCH3 is 2. The van der Waals surface area contributed by atoms with Gasteiger partial charge in [0.1, 0.15) is 16.6 Å². The lowest BCUT2D eigenvalue weighted by Crippen LogP contribution is -2.37. The number of halogens is 2.